The van der Waals surface area contributed by atoms with Crippen LogP contribution in [0.4, 0.5) is 0 Å². The number of carbonyl (C=O) groups excluding carboxylic acids is 2. The van der Waals surface area contributed by atoms with Crippen LogP contribution in [0.3, 0.4) is 0 Å². The Bertz CT molecular complexity index is 1030. The van der Waals surface area contributed by atoms with Crippen molar-refractivity contribution in [3.05, 3.63) is 83.8 Å². The SMILES string of the molecule is CCCN(CC(=O)N(CCc1ccccc1)Cc1ccco1)C(=O)c1cc(OC)cc(OC)c1. The molecule has 0 fully saturated rings. The molecule has 1 aromatic heterocycles. The van der Waals surface area contributed by atoms with Gasteiger partial charge in [0.1, 0.15) is 23.8 Å². The quantitative estimate of drug-likeness (QED) is 0.397. The Hall–Kier alpha value is -3.74. The van der Waals surface area contributed by atoms with E-state index in [2.05, 4.69) is 0 Å². The molecule has 34 heavy (non-hydrogen) atoms. The van der Waals surface area contributed by atoms with Crippen molar-refractivity contribution in [2.24, 2.45) is 0 Å². The number of hydrogen-bond donors (Lipinski definition) is 0. The highest BCUT2D eigenvalue weighted by atomic mass is 16.5. The minimum atomic E-state index is -0.242. The Morgan fingerprint density at radius 2 is 1.59 bits per heavy atom. The van der Waals surface area contributed by atoms with Crippen LogP contribution >= 0.6 is 0 Å². The monoisotopic (exact) mass is 464 g/mol. The second-order valence-corrected chi connectivity index (χ2v) is 7.96. The van der Waals surface area contributed by atoms with Crippen molar-refractivity contribution in [1.29, 1.82) is 0 Å². The highest BCUT2D eigenvalue weighted by molar-refractivity contribution is 5.97. The van der Waals surface area contributed by atoms with Crippen LogP contribution in [0.25, 0.3) is 0 Å². The first-order chi connectivity index (χ1) is 16.5. The fraction of sp³-hybridized carbons (Fsp3) is 0.333. The summed E-state index contributed by atoms with van der Waals surface area (Å²) in [6.07, 6.45) is 3.03. The van der Waals surface area contributed by atoms with E-state index in [4.69, 9.17) is 13.9 Å². The van der Waals surface area contributed by atoms with E-state index in [1.54, 1.807) is 40.3 Å². The molecule has 2 aromatic carbocycles. The van der Waals surface area contributed by atoms with Crippen LogP contribution in [0.15, 0.2) is 71.3 Å². The van der Waals surface area contributed by atoms with E-state index < -0.39 is 0 Å². The summed E-state index contributed by atoms with van der Waals surface area (Å²) in [4.78, 5) is 30.1. The van der Waals surface area contributed by atoms with E-state index in [9.17, 15) is 9.59 Å². The number of furan rings is 1. The number of amides is 2. The van der Waals surface area contributed by atoms with E-state index in [-0.39, 0.29) is 18.4 Å². The van der Waals surface area contributed by atoms with Gasteiger partial charge in [-0.3, -0.25) is 9.59 Å². The maximum atomic E-state index is 13.4. The zero-order chi connectivity index (χ0) is 24.3. The topological polar surface area (TPSA) is 72.2 Å². The molecule has 0 N–H and O–H groups in total. The van der Waals surface area contributed by atoms with Crippen molar-refractivity contribution in [3.8, 4) is 11.5 Å². The van der Waals surface area contributed by atoms with Gasteiger partial charge >= 0.3 is 0 Å². The molecule has 0 aliphatic heterocycles. The van der Waals surface area contributed by atoms with E-state index in [1.165, 1.54) is 14.2 Å². The molecule has 2 amide bonds. The van der Waals surface area contributed by atoms with Crippen LogP contribution in [-0.4, -0.2) is 55.5 Å². The lowest BCUT2D eigenvalue weighted by Crippen LogP contribution is -2.43. The zero-order valence-electron chi connectivity index (χ0n) is 20.0. The zero-order valence-corrected chi connectivity index (χ0v) is 20.0. The third-order valence-electron chi connectivity index (χ3n) is 5.50. The number of nitrogens with zero attached hydrogens (tertiary/aromatic N) is 2. The molecule has 3 rings (SSSR count). The van der Waals surface area contributed by atoms with Gasteiger partial charge in [-0.05, 0) is 42.7 Å². The van der Waals surface area contributed by atoms with E-state index in [0.717, 1.165) is 12.0 Å². The Kier molecular flexibility index (Phi) is 9.14. The molecule has 0 saturated heterocycles. The lowest BCUT2D eigenvalue weighted by molar-refractivity contribution is -0.132. The van der Waals surface area contributed by atoms with Crippen LogP contribution in [0.2, 0.25) is 0 Å². The van der Waals surface area contributed by atoms with Gasteiger partial charge in [-0.25, -0.2) is 0 Å². The fourth-order valence-corrected chi connectivity index (χ4v) is 3.69. The molecule has 0 radical (unpaired) electrons. The largest absolute Gasteiger partial charge is 0.497 e. The summed E-state index contributed by atoms with van der Waals surface area (Å²) in [6.45, 7) is 3.27. The Labute approximate surface area is 200 Å². The highest BCUT2D eigenvalue weighted by Gasteiger charge is 2.23. The predicted molar refractivity (Wildman–Crippen MR) is 130 cm³/mol. The number of hydrogen-bond acceptors (Lipinski definition) is 5. The van der Waals surface area contributed by atoms with Crippen molar-refractivity contribution in [1.82, 2.24) is 9.80 Å². The second-order valence-electron chi connectivity index (χ2n) is 7.96. The summed E-state index contributed by atoms with van der Waals surface area (Å²) < 4.78 is 16.1. The maximum Gasteiger partial charge on any atom is 0.254 e. The van der Waals surface area contributed by atoms with Crippen LogP contribution in [0.5, 0.6) is 11.5 Å². The standard InChI is InChI=1S/C27H32N2O5/c1-4-13-29(27(31)22-16-24(32-2)18-25(17-22)33-3)20-26(30)28(19-23-11-8-15-34-23)14-12-21-9-6-5-7-10-21/h5-11,15-18H,4,12-14,19-20H2,1-3H3. The molecule has 7 nitrogen and oxygen atoms in total. The van der Waals surface area contributed by atoms with Crippen molar-refractivity contribution < 1.29 is 23.5 Å². The molecule has 180 valence electrons. The molecule has 0 aliphatic carbocycles. The third kappa shape index (κ3) is 6.88. The van der Waals surface area contributed by atoms with Crippen molar-refractivity contribution in [3.63, 3.8) is 0 Å². The molecular weight excluding hydrogens is 432 g/mol. The molecule has 0 aliphatic rings. The van der Waals surface area contributed by atoms with E-state index in [0.29, 0.717) is 48.9 Å². The molecule has 0 atom stereocenters. The second kappa shape index (κ2) is 12.5. The van der Waals surface area contributed by atoms with E-state index >= 15 is 0 Å². The molecule has 1 heterocycles. The summed E-state index contributed by atoms with van der Waals surface area (Å²) in [5, 5.41) is 0. The Morgan fingerprint density at radius 3 is 2.18 bits per heavy atom. The minimum Gasteiger partial charge on any atom is -0.497 e. The van der Waals surface area contributed by atoms with Crippen molar-refractivity contribution >= 4 is 11.8 Å². The first-order valence-corrected chi connectivity index (χ1v) is 11.4. The number of methoxy groups -OCH3 is 2. The molecule has 3 aromatic rings. The number of carbonyl (C=O) groups is 2. The van der Waals surface area contributed by atoms with Crippen LogP contribution < -0.4 is 9.47 Å². The summed E-state index contributed by atoms with van der Waals surface area (Å²) in [6, 6.07) is 18.7. The molecule has 7 heteroatoms. The number of benzene rings is 2. The molecule has 0 unspecified atom stereocenters. The third-order valence-corrected chi connectivity index (χ3v) is 5.50. The minimum absolute atomic E-state index is 0.0261. The van der Waals surface area contributed by atoms with Gasteiger partial charge in [0.15, 0.2) is 0 Å². The van der Waals surface area contributed by atoms with E-state index in [1.807, 2.05) is 43.3 Å². The number of ether oxygens (including phenoxy) is 2. The Balaban J connectivity index is 1.77. The lowest BCUT2D eigenvalue weighted by Gasteiger charge is -2.27. The van der Waals surface area contributed by atoms with Gasteiger partial charge in [0.2, 0.25) is 5.91 Å². The fourth-order valence-electron chi connectivity index (χ4n) is 3.69. The average molecular weight is 465 g/mol. The molecule has 0 spiro atoms. The van der Waals surface area contributed by atoms with Crippen molar-refractivity contribution in [2.75, 3.05) is 33.9 Å². The molecule has 0 bridgehead atoms. The number of rotatable bonds is 12. The first kappa shape index (κ1) is 24.9. The van der Waals surface area contributed by atoms with Crippen LogP contribution in [-0.2, 0) is 17.8 Å². The van der Waals surface area contributed by atoms with Crippen molar-refractivity contribution in [2.45, 2.75) is 26.3 Å². The Morgan fingerprint density at radius 1 is 0.882 bits per heavy atom. The first-order valence-electron chi connectivity index (χ1n) is 11.4. The predicted octanol–water partition coefficient (Wildman–Crippen LogP) is 4.42. The normalized spacial score (nSPS) is 10.6. The van der Waals surface area contributed by atoms with Gasteiger partial charge in [0, 0.05) is 24.7 Å². The average Bonchev–Trinajstić information content (AvgIpc) is 3.39. The summed E-state index contributed by atoms with van der Waals surface area (Å²) in [5.41, 5.74) is 1.56. The van der Waals surface area contributed by atoms with Gasteiger partial charge in [-0.1, -0.05) is 37.3 Å². The maximum absolute atomic E-state index is 13.4. The van der Waals surface area contributed by atoms with Gasteiger partial charge < -0.3 is 23.7 Å². The summed E-state index contributed by atoms with van der Waals surface area (Å²) in [7, 11) is 3.07. The molecular formula is C27H32N2O5. The summed E-state index contributed by atoms with van der Waals surface area (Å²) in [5.74, 6) is 1.37. The highest BCUT2D eigenvalue weighted by Crippen LogP contribution is 2.23. The smallest absolute Gasteiger partial charge is 0.254 e. The summed E-state index contributed by atoms with van der Waals surface area (Å²) >= 11 is 0. The lowest BCUT2D eigenvalue weighted by atomic mass is 10.1. The van der Waals surface area contributed by atoms with Gasteiger partial charge in [0.05, 0.1) is 27.0 Å². The van der Waals surface area contributed by atoms with Gasteiger partial charge in [-0.15, -0.1) is 0 Å². The van der Waals surface area contributed by atoms with Gasteiger partial charge in [-0.2, -0.15) is 0 Å². The van der Waals surface area contributed by atoms with Crippen LogP contribution in [0, 0.1) is 0 Å². The van der Waals surface area contributed by atoms with Gasteiger partial charge in [0.25, 0.3) is 5.91 Å². The molecule has 0 saturated carbocycles. The van der Waals surface area contributed by atoms with Crippen LogP contribution in [0.1, 0.15) is 35.0 Å².